The predicted molar refractivity (Wildman–Crippen MR) is 67.9 cm³/mol. The summed E-state index contributed by atoms with van der Waals surface area (Å²) in [5.41, 5.74) is 8.39. The van der Waals surface area contributed by atoms with Gasteiger partial charge in [0.25, 0.3) is 0 Å². The van der Waals surface area contributed by atoms with Gasteiger partial charge in [0.15, 0.2) is 0 Å². The fourth-order valence-electron chi connectivity index (χ4n) is 1.41. The zero-order valence-corrected chi connectivity index (χ0v) is 9.46. The molecular weight excluding hydrogens is 214 g/mol. The van der Waals surface area contributed by atoms with Gasteiger partial charge >= 0.3 is 0 Å². The Bertz CT molecular complexity index is 564. The summed E-state index contributed by atoms with van der Waals surface area (Å²) in [5, 5.41) is 17.6. The first-order valence-corrected chi connectivity index (χ1v) is 5.22. The SMILES string of the molecule is Cc1ccc(O)c(N=Nc2cccc(N)c2)c1. The number of hydrogen-bond acceptors (Lipinski definition) is 4. The van der Waals surface area contributed by atoms with Crippen LogP contribution in [0, 0.1) is 6.92 Å². The fraction of sp³-hybridized carbons (Fsp3) is 0.0769. The van der Waals surface area contributed by atoms with Crippen molar-refractivity contribution >= 4 is 17.1 Å². The van der Waals surface area contributed by atoms with Crippen molar-refractivity contribution in [3.8, 4) is 5.75 Å². The Morgan fingerprint density at radius 3 is 2.65 bits per heavy atom. The van der Waals surface area contributed by atoms with E-state index in [-0.39, 0.29) is 5.75 Å². The summed E-state index contributed by atoms with van der Waals surface area (Å²) in [7, 11) is 0. The summed E-state index contributed by atoms with van der Waals surface area (Å²) in [6.45, 7) is 1.93. The molecule has 0 bridgehead atoms. The second-order valence-electron chi connectivity index (χ2n) is 3.79. The average molecular weight is 227 g/mol. The second-order valence-corrected chi connectivity index (χ2v) is 3.79. The second kappa shape index (κ2) is 4.65. The van der Waals surface area contributed by atoms with E-state index in [9.17, 15) is 5.11 Å². The molecule has 0 fully saturated rings. The van der Waals surface area contributed by atoms with Gasteiger partial charge in [-0.25, -0.2) is 0 Å². The number of nitrogens with zero attached hydrogens (tertiary/aromatic N) is 2. The van der Waals surface area contributed by atoms with Crippen LogP contribution >= 0.6 is 0 Å². The van der Waals surface area contributed by atoms with E-state index >= 15 is 0 Å². The van der Waals surface area contributed by atoms with Crippen LogP contribution in [0.1, 0.15) is 5.56 Å². The highest BCUT2D eigenvalue weighted by Gasteiger charge is 1.99. The number of nitrogen functional groups attached to an aromatic ring is 1. The molecule has 0 aliphatic carbocycles. The van der Waals surface area contributed by atoms with Gasteiger partial charge < -0.3 is 10.8 Å². The van der Waals surface area contributed by atoms with Crippen molar-refractivity contribution in [1.82, 2.24) is 0 Å². The quantitative estimate of drug-likeness (QED) is 0.606. The Kier molecular flexibility index (Phi) is 3.05. The van der Waals surface area contributed by atoms with E-state index in [4.69, 9.17) is 5.73 Å². The minimum Gasteiger partial charge on any atom is -0.506 e. The van der Waals surface area contributed by atoms with E-state index in [1.54, 1.807) is 36.4 Å². The summed E-state index contributed by atoms with van der Waals surface area (Å²) in [6.07, 6.45) is 0. The average Bonchev–Trinajstić information content (AvgIpc) is 2.30. The molecule has 0 radical (unpaired) electrons. The first-order chi connectivity index (χ1) is 8.15. The summed E-state index contributed by atoms with van der Waals surface area (Å²) in [4.78, 5) is 0. The van der Waals surface area contributed by atoms with E-state index < -0.39 is 0 Å². The lowest BCUT2D eigenvalue weighted by Crippen LogP contribution is -1.81. The molecule has 0 aromatic heterocycles. The monoisotopic (exact) mass is 227 g/mol. The van der Waals surface area contributed by atoms with E-state index in [0.717, 1.165) is 5.56 Å². The summed E-state index contributed by atoms with van der Waals surface area (Å²) in [6, 6.07) is 12.3. The van der Waals surface area contributed by atoms with Crippen molar-refractivity contribution in [2.45, 2.75) is 6.92 Å². The minimum absolute atomic E-state index is 0.114. The minimum atomic E-state index is 0.114. The number of nitrogens with two attached hydrogens (primary N) is 1. The van der Waals surface area contributed by atoms with Gasteiger partial charge in [-0.05, 0) is 42.8 Å². The molecule has 4 nitrogen and oxygen atoms in total. The molecule has 4 heteroatoms. The highest BCUT2D eigenvalue weighted by Crippen LogP contribution is 2.29. The lowest BCUT2D eigenvalue weighted by Gasteiger charge is -1.99. The maximum Gasteiger partial charge on any atom is 0.143 e. The normalized spacial score (nSPS) is 10.9. The number of phenols is 1. The molecule has 86 valence electrons. The highest BCUT2D eigenvalue weighted by molar-refractivity contribution is 5.54. The van der Waals surface area contributed by atoms with Gasteiger partial charge in [0.1, 0.15) is 11.4 Å². The van der Waals surface area contributed by atoms with Crippen molar-refractivity contribution in [3.05, 3.63) is 48.0 Å². The number of benzene rings is 2. The zero-order valence-electron chi connectivity index (χ0n) is 9.46. The molecule has 0 atom stereocenters. The van der Waals surface area contributed by atoms with Crippen LogP contribution in [0.4, 0.5) is 17.1 Å². The molecule has 2 aromatic rings. The van der Waals surface area contributed by atoms with E-state index in [1.165, 1.54) is 0 Å². The molecule has 17 heavy (non-hydrogen) atoms. The number of anilines is 1. The maximum absolute atomic E-state index is 9.59. The lowest BCUT2D eigenvalue weighted by molar-refractivity contribution is 0.476. The van der Waals surface area contributed by atoms with Crippen LogP contribution < -0.4 is 5.73 Å². The number of hydrogen-bond donors (Lipinski definition) is 2. The molecule has 0 heterocycles. The number of aromatic hydroxyl groups is 1. The van der Waals surface area contributed by atoms with Crippen molar-refractivity contribution in [2.24, 2.45) is 10.2 Å². The van der Waals surface area contributed by atoms with Crippen molar-refractivity contribution in [2.75, 3.05) is 5.73 Å². The Morgan fingerprint density at radius 1 is 1.06 bits per heavy atom. The summed E-state index contributed by atoms with van der Waals surface area (Å²) < 4.78 is 0. The third-order valence-corrected chi connectivity index (χ3v) is 2.27. The van der Waals surface area contributed by atoms with Crippen LogP contribution in [-0.2, 0) is 0 Å². The van der Waals surface area contributed by atoms with Gasteiger partial charge in [0.2, 0.25) is 0 Å². The molecule has 0 unspecified atom stereocenters. The molecule has 2 aromatic carbocycles. The molecule has 0 saturated carbocycles. The third-order valence-electron chi connectivity index (χ3n) is 2.27. The molecule has 3 N–H and O–H groups in total. The number of rotatable bonds is 2. The van der Waals surface area contributed by atoms with Gasteiger partial charge in [-0.2, -0.15) is 5.11 Å². The first-order valence-electron chi connectivity index (χ1n) is 5.22. The zero-order chi connectivity index (χ0) is 12.3. The number of aryl methyl sites for hydroxylation is 1. The van der Waals surface area contributed by atoms with Crippen LogP contribution in [0.25, 0.3) is 0 Å². The van der Waals surface area contributed by atoms with Crippen LogP contribution in [-0.4, -0.2) is 5.11 Å². The van der Waals surface area contributed by atoms with Crippen molar-refractivity contribution in [1.29, 1.82) is 0 Å². The molecule has 2 rings (SSSR count). The molecule has 0 aliphatic heterocycles. The Balaban J connectivity index is 2.29. The maximum atomic E-state index is 9.59. The molecule has 0 spiro atoms. The van der Waals surface area contributed by atoms with Crippen LogP contribution in [0.2, 0.25) is 0 Å². The van der Waals surface area contributed by atoms with E-state index in [1.807, 2.05) is 13.0 Å². The molecule has 0 amide bonds. The van der Waals surface area contributed by atoms with Crippen LogP contribution in [0.15, 0.2) is 52.7 Å². The van der Waals surface area contributed by atoms with Crippen molar-refractivity contribution in [3.63, 3.8) is 0 Å². The lowest BCUT2D eigenvalue weighted by atomic mass is 10.2. The Morgan fingerprint density at radius 2 is 1.88 bits per heavy atom. The first kappa shape index (κ1) is 11.1. The number of azo groups is 1. The van der Waals surface area contributed by atoms with Gasteiger partial charge in [-0.3, -0.25) is 0 Å². The predicted octanol–water partition coefficient (Wildman–Crippen LogP) is 3.70. The Labute approximate surface area is 99.4 Å². The molecular formula is C13H13N3O. The van der Waals surface area contributed by atoms with Crippen molar-refractivity contribution < 1.29 is 5.11 Å². The van der Waals surface area contributed by atoms with E-state index in [2.05, 4.69) is 10.2 Å². The molecule has 0 saturated heterocycles. The van der Waals surface area contributed by atoms with Gasteiger partial charge in [0.05, 0.1) is 5.69 Å². The number of phenolic OH excluding ortho intramolecular Hbond substituents is 1. The topological polar surface area (TPSA) is 71.0 Å². The largest absolute Gasteiger partial charge is 0.506 e. The van der Waals surface area contributed by atoms with Gasteiger partial charge in [0, 0.05) is 5.69 Å². The van der Waals surface area contributed by atoms with Crippen LogP contribution in [0.3, 0.4) is 0 Å². The van der Waals surface area contributed by atoms with Gasteiger partial charge in [-0.1, -0.05) is 12.1 Å². The summed E-state index contributed by atoms with van der Waals surface area (Å²) >= 11 is 0. The van der Waals surface area contributed by atoms with Crippen LogP contribution in [0.5, 0.6) is 5.75 Å². The molecule has 0 aliphatic rings. The highest BCUT2D eigenvalue weighted by atomic mass is 16.3. The fourth-order valence-corrected chi connectivity index (χ4v) is 1.41. The van der Waals surface area contributed by atoms with Gasteiger partial charge in [-0.15, -0.1) is 5.11 Å². The summed E-state index contributed by atoms with van der Waals surface area (Å²) in [5.74, 6) is 0.114. The van der Waals surface area contributed by atoms with E-state index in [0.29, 0.717) is 17.1 Å². The standard InChI is InChI=1S/C13H13N3O/c1-9-5-6-13(17)12(7-9)16-15-11-4-2-3-10(14)8-11/h2-8,17H,14H2,1H3. The third kappa shape index (κ3) is 2.81. The Hall–Kier alpha value is -2.36. The smallest absolute Gasteiger partial charge is 0.143 e.